The highest BCUT2D eigenvalue weighted by Gasteiger charge is 2.07. The Bertz CT molecular complexity index is 506. The van der Waals surface area contributed by atoms with Gasteiger partial charge in [0.1, 0.15) is 11.5 Å². The van der Waals surface area contributed by atoms with E-state index < -0.39 is 0 Å². The second-order valence-electron chi connectivity index (χ2n) is 3.16. The summed E-state index contributed by atoms with van der Waals surface area (Å²) >= 11 is 3.26. The number of anilines is 2. The van der Waals surface area contributed by atoms with Gasteiger partial charge in [-0.15, -0.1) is 0 Å². The average molecular weight is 281 g/mol. The van der Waals surface area contributed by atoms with Gasteiger partial charge in [0, 0.05) is 10.7 Å². The van der Waals surface area contributed by atoms with Crippen LogP contribution in [-0.4, -0.2) is 15.9 Å². The summed E-state index contributed by atoms with van der Waals surface area (Å²) < 4.78 is 0.827. The minimum Gasteiger partial charge on any atom is -0.384 e. The maximum Gasteiger partial charge on any atom is 0.272 e. The highest BCUT2D eigenvalue weighted by Crippen LogP contribution is 2.13. The summed E-state index contributed by atoms with van der Waals surface area (Å²) in [7, 11) is 0. The summed E-state index contributed by atoms with van der Waals surface area (Å²) in [4.78, 5) is 18.4. The molecule has 4 N–H and O–H groups in total. The smallest absolute Gasteiger partial charge is 0.272 e. The maximum absolute atomic E-state index is 11.7. The molecule has 0 aliphatic rings. The number of nitrogens with one attached hydrogen (secondary N) is 2. The number of amides is 1. The van der Waals surface area contributed by atoms with E-state index >= 15 is 0 Å². The van der Waals surface area contributed by atoms with Crippen molar-refractivity contribution in [1.82, 2.24) is 9.97 Å². The number of hydrogen-bond donors (Lipinski definition) is 3. The van der Waals surface area contributed by atoms with Crippen LogP contribution in [-0.2, 0) is 0 Å². The minimum absolute atomic E-state index is 0.225. The van der Waals surface area contributed by atoms with Crippen LogP contribution in [0, 0.1) is 0 Å². The number of nitrogen functional groups attached to an aromatic ring is 1. The maximum atomic E-state index is 11.7. The number of nitrogens with two attached hydrogens (primary N) is 1. The zero-order valence-electron chi connectivity index (χ0n) is 8.20. The first kappa shape index (κ1) is 10.7. The molecule has 0 aliphatic heterocycles. The van der Waals surface area contributed by atoms with Crippen LogP contribution in [0.25, 0.3) is 0 Å². The number of nitrogens with zero attached hydrogens (tertiary/aromatic N) is 1. The van der Waals surface area contributed by atoms with Crippen LogP contribution in [0.3, 0.4) is 0 Å². The van der Waals surface area contributed by atoms with Gasteiger partial charge in [-0.2, -0.15) is 0 Å². The normalized spacial score (nSPS) is 10.1. The molecule has 0 saturated heterocycles. The summed E-state index contributed by atoms with van der Waals surface area (Å²) in [6, 6.07) is 5.01. The Morgan fingerprint density at radius 3 is 2.88 bits per heavy atom. The SMILES string of the molecule is Nc1ccc(NC(=O)c2cc(Br)c[nH]2)cn1. The standard InChI is InChI=1S/C10H9BrN4O/c11-6-3-8(13-4-6)10(16)15-7-1-2-9(12)14-5-7/h1-5,13H,(H2,12,14)(H,15,16). The Morgan fingerprint density at radius 2 is 2.31 bits per heavy atom. The van der Waals surface area contributed by atoms with Gasteiger partial charge < -0.3 is 16.0 Å². The number of carbonyl (C=O) groups excluding carboxylic acids is 1. The number of rotatable bonds is 2. The molecule has 2 rings (SSSR count). The Morgan fingerprint density at radius 1 is 1.50 bits per heavy atom. The summed E-state index contributed by atoms with van der Waals surface area (Å²) in [6.07, 6.45) is 3.20. The van der Waals surface area contributed by atoms with Crippen LogP contribution in [0.15, 0.2) is 35.1 Å². The predicted molar refractivity (Wildman–Crippen MR) is 65.1 cm³/mol. The van der Waals surface area contributed by atoms with E-state index in [1.807, 2.05) is 0 Å². The fourth-order valence-corrected chi connectivity index (χ4v) is 1.52. The molecule has 0 spiro atoms. The molecule has 2 aromatic heterocycles. The van der Waals surface area contributed by atoms with Gasteiger partial charge in [0.25, 0.3) is 5.91 Å². The quantitative estimate of drug-likeness (QED) is 0.787. The first-order valence-electron chi connectivity index (χ1n) is 4.52. The molecule has 16 heavy (non-hydrogen) atoms. The van der Waals surface area contributed by atoms with Gasteiger partial charge in [-0.1, -0.05) is 0 Å². The lowest BCUT2D eigenvalue weighted by Gasteiger charge is -2.02. The van der Waals surface area contributed by atoms with E-state index in [9.17, 15) is 4.79 Å². The zero-order chi connectivity index (χ0) is 11.5. The number of hydrogen-bond acceptors (Lipinski definition) is 3. The molecule has 0 unspecified atom stereocenters. The number of aromatic nitrogens is 2. The first-order chi connectivity index (χ1) is 7.65. The highest BCUT2D eigenvalue weighted by molar-refractivity contribution is 9.10. The van der Waals surface area contributed by atoms with Crippen molar-refractivity contribution in [1.29, 1.82) is 0 Å². The van der Waals surface area contributed by atoms with Gasteiger partial charge >= 0.3 is 0 Å². The molecule has 0 saturated carbocycles. The number of carbonyl (C=O) groups is 1. The van der Waals surface area contributed by atoms with Gasteiger partial charge in [-0.3, -0.25) is 4.79 Å². The van der Waals surface area contributed by atoms with Gasteiger partial charge in [-0.05, 0) is 34.1 Å². The van der Waals surface area contributed by atoms with Crippen LogP contribution >= 0.6 is 15.9 Å². The van der Waals surface area contributed by atoms with Gasteiger partial charge in [0.05, 0.1) is 11.9 Å². The van der Waals surface area contributed by atoms with Crippen LogP contribution in [0.5, 0.6) is 0 Å². The molecule has 0 bridgehead atoms. The Kier molecular flexibility index (Phi) is 2.91. The molecule has 82 valence electrons. The van der Waals surface area contributed by atoms with Crippen molar-refractivity contribution >= 4 is 33.3 Å². The summed E-state index contributed by atoms with van der Waals surface area (Å²) in [5.41, 5.74) is 6.51. The minimum atomic E-state index is -0.225. The molecular formula is C10H9BrN4O. The van der Waals surface area contributed by atoms with Gasteiger partial charge in [0.15, 0.2) is 0 Å². The summed E-state index contributed by atoms with van der Waals surface area (Å²) in [6.45, 7) is 0. The molecule has 0 radical (unpaired) electrons. The molecule has 0 aliphatic carbocycles. The Hall–Kier alpha value is -1.82. The van der Waals surface area contributed by atoms with Gasteiger partial charge in [-0.25, -0.2) is 4.98 Å². The van der Waals surface area contributed by atoms with E-state index in [1.165, 1.54) is 6.20 Å². The zero-order valence-corrected chi connectivity index (χ0v) is 9.78. The molecule has 1 amide bonds. The molecule has 0 aromatic carbocycles. The average Bonchev–Trinajstić information content (AvgIpc) is 2.68. The van der Waals surface area contributed by atoms with Crippen molar-refractivity contribution in [3.05, 3.63) is 40.8 Å². The summed E-state index contributed by atoms with van der Waals surface area (Å²) in [5, 5.41) is 2.69. The Labute approximate surface area is 100 Å². The first-order valence-corrected chi connectivity index (χ1v) is 5.31. The molecule has 0 atom stereocenters. The van der Waals surface area contributed by atoms with Crippen LogP contribution < -0.4 is 11.1 Å². The predicted octanol–water partition coefficient (Wildman–Crippen LogP) is 2.01. The Balaban J connectivity index is 2.10. The topological polar surface area (TPSA) is 83.8 Å². The van der Waals surface area contributed by atoms with Crippen molar-refractivity contribution in [2.45, 2.75) is 0 Å². The van der Waals surface area contributed by atoms with Crippen LogP contribution in [0.2, 0.25) is 0 Å². The lowest BCUT2D eigenvalue weighted by molar-refractivity contribution is 0.102. The molecule has 2 heterocycles. The van der Waals surface area contributed by atoms with Crippen LogP contribution in [0.4, 0.5) is 11.5 Å². The second kappa shape index (κ2) is 4.36. The third-order valence-electron chi connectivity index (χ3n) is 1.94. The molecule has 0 fully saturated rings. The lowest BCUT2D eigenvalue weighted by Crippen LogP contribution is -2.12. The number of halogens is 1. The molecular weight excluding hydrogens is 272 g/mol. The van der Waals surface area contributed by atoms with Crippen molar-refractivity contribution < 1.29 is 4.79 Å². The van der Waals surface area contributed by atoms with E-state index in [0.29, 0.717) is 17.2 Å². The van der Waals surface area contributed by atoms with Crippen molar-refractivity contribution in [2.24, 2.45) is 0 Å². The van der Waals surface area contributed by atoms with E-state index in [-0.39, 0.29) is 5.91 Å². The monoisotopic (exact) mass is 280 g/mol. The molecule has 6 heteroatoms. The number of aromatic amines is 1. The number of pyridine rings is 1. The van der Waals surface area contributed by atoms with E-state index in [0.717, 1.165) is 4.47 Å². The summed E-state index contributed by atoms with van der Waals surface area (Å²) in [5.74, 6) is 0.192. The van der Waals surface area contributed by atoms with Crippen molar-refractivity contribution in [2.75, 3.05) is 11.1 Å². The second-order valence-corrected chi connectivity index (χ2v) is 4.07. The van der Waals surface area contributed by atoms with Crippen molar-refractivity contribution in [3.63, 3.8) is 0 Å². The van der Waals surface area contributed by atoms with Gasteiger partial charge in [0.2, 0.25) is 0 Å². The largest absolute Gasteiger partial charge is 0.384 e. The van der Waals surface area contributed by atoms with E-state index in [4.69, 9.17) is 5.73 Å². The van der Waals surface area contributed by atoms with E-state index in [1.54, 1.807) is 24.4 Å². The molecule has 2 aromatic rings. The van der Waals surface area contributed by atoms with Crippen LogP contribution in [0.1, 0.15) is 10.5 Å². The highest BCUT2D eigenvalue weighted by atomic mass is 79.9. The molecule has 5 nitrogen and oxygen atoms in total. The third-order valence-corrected chi connectivity index (χ3v) is 2.39. The lowest BCUT2D eigenvalue weighted by atomic mass is 10.3. The van der Waals surface area contributed by atoms with Crippen molar-refractivity contribution in [3.8, 4) is 0 Å². The fraction of sp³-hybridized carbons (Fsp3) is 0. The fourth-order valence-electron chi connectivity index (χ4n) is 1.18. The van der Waals surface area contributed by atoms with E-state index in [2.05, 4.69) is 31.2 Å². The number of H-pyrrole nitrogens is 1. The third kappa shape index (κ3) is 2.40.